The second kappa shape index (κ2) is 8.31. The topological polar surface area (TPSA) is 79.8 Å². The van der Waals surface area contributed by atoms with Crippen molar-refractivity contribution in [2.24, 2.45) is 0 Å². The molecule has 0 unspecified atom stereocenters. The number of aryl methyl sites for hydroxylation is 2. The maximum Gasteiger partial charge on any atom is 0.265 e. The zero-order chi connectivity index (χ0) is 24.9. The first kappa shape index (κ1) is 21.3. The van der Waals surface area contributed by atoms with Crippen LogP contribution in [0.3, 0.4) is 0 Å². The zero-order valence-corrected chi connectivity index (χ0v) is 19.9. The Hall–Kier alpha value is -4.97. The number of hydrogen-bond acceptors (Lipinski definition) is 3. The van der Waals surface area contributed by atoms with Gasteiger partial charge in [0.1, 0.15) is 5.82 Å². The SMILES string of the molecule is O=C1Nc2ccccc2-c2[nH]c3ccccc3c2CCc2nc3ccccc3c(=O)n2-c2ccccc21. The Balaban J connectivity index is 1.55. The van der Waals surface area contributed by atoms with Gasteiger partial charge in [0.2, 0.25) is 0 Å². The quantitative estimate of drug-likeness (QED) is 0.284. The van der Waals surface area contributed by atoms with E-state index in [-0.39, 0.29) is 11.5 Å². The number of H-pyrrole nitrogens is 1. The minimum atomic E-state index is -0.285. The molecular weight excluding hydrogens is 460 g/mol. The summed E-state index contributed by atoms with van der Waals surface area (Å²) in [6.07, 6.45) is 1.18. The summed E-state index contributed by atoms with van der Waals surface area (Å²) in [7, 11) is 0. The number of benzene rings is 4. The Labute approximate surface area is 212 Å². The number of nitrogens with one attached hydrogen (secondary N) is 2. The van der Waals surface area contributed by atoms with E-state index < -0.39 is 0 Å². The molecule has 0 fully saturated rings. The molecule has 3 heterocycles. The zero-order valence-electron chi connectivity index (χ0n) is 19.9. The molecule has 6 heteroatoms. The van der Waals surface area contributed by atoms with E-state index in [0.29, 0.717) is 46.5 Å². The number of fused-ring (bicyclic) bond motifs is 9. The molecule has 2 aromatic heterocycles. The molecule has 1 amide bonds. The van der Waals surface area contributed by atoms with Crippen molar-refractivity contribution in [3.8, 4) is 16.9 Å². The van der Waals surface area contributed by atoms with E-state index in [9.17, 15) is 9.59 Å². The van der Waals surface area contributed by atoms with Crippen LogP contribution in [0.4, 0.5) is 5.69 Å². The van der Waals surface area contributed by atoms with Crippen LogP contribution in [-0.2, 0) is 12.8 Å². The second-order valence-electron chi connectivity index (χ2n) is 9.23. The van der Waals surface area contributed by atoms with E-state index in [2.05, 4.69) is 22.4 Å². The summed E-state index contributed by atoms with van der Waals surface area (Å²) in [4.78, 5) is 36.1. The van der Waals surface area contributed by atoms with Crippen LogP contribution in [-0.4, -0.2) is 20.4 Å². The molecule has 0 atom stereocenters. The Morgan fingerprint density at radius 1 is 0.703 bits per heavy atom. The third kappa shape index (κ3) is 3.37. The molecule has 7 rings (SSSR count). The fraction of sp³-hybridized carbons (Fsp3) is 0.0645. The lowest BCUT2D eigenvalue weighted by Gasteiger charge is -2.19. The van der Waals surface area contributed by atoms with Crippen LogP contribution in [0.1, 0.15) is 21.7 Å². The van der Waals surface area contributed by atoms with Gasteiger partial charge in [0.25, 0.3) is 11.5 Å². The number of para-hydroxylation sites is 4. The maximum atomic E-state index is 13.9. The molecule has 0 bridgehead atoms. The van der Waals surface area contributed by atoms with E-state index in [1.165, 1.54) is 0 Å². The molecule has 37 heavy (non-hydrogen) atoms. The number of carbonyl (C=O) groups excluding carboxylic acids is 1. The first-order chi connectivity index (χ1) is 18.2. The Morgan fingerprint density at radius 3 is 2.30 bits per heavy atom. The number of aromatic nitrogens is 3. The fourth-order valence-corrected chi connectivity index (χ4v) is 5.38. The maximum absolute atomic E-state index is 13.9. The number of aromatic amines is 1. The standard InChI is InChI=1S/C31H22N4O2/c36-30-23-12-4-8-16-27(23)35-28(32-26-15-7-3-11-22(26)31(35)37)18-17-20-19-9-1-5-13-24(19)33-29(20)21-10-2-6-14-25(21)34-30/h1-16,33H,17-18H2,(H,34,36). The monoisotopic (exact) mass is 482 g/mol. The van der Waals surface area contributed by atoms with E-state index in [1.54, 1.807) is 16.7 Å². The lowest BCUT2D eigenvalue weighted by molar-refractivity contribution is 0.102. The molecule has 1 aliphatic heterocycles. The molecular formula is C31H22N4O2. The van der Waals surface area contributed by atoms with Crippen molar-refractivity contribution in [2.45, 2.75) is 12.8 Å². The van der Waals surface area contributed by atoms with Crippen LogP contribution < -0.4 is 10.9 Å². The molecule has 0 saturated carbocycles. The highest BCUT2D eigenvalue weighted by atomic mass is 16.2. The number of hydrogen-bond donors (Lipinski definition) is 2. The van der Waals surface area contributed by atoms with Gasteiger partial charge in [-0.1, -0.05) is 60.7 Å². The van der Waals surface area contributed by atoms with Crippen LogP contribution in [0, 0.1) is 0 Å². The third-order valence-electron chi connectivity index (χ3n) is 7.09. The average molecular weight is 483 g/mol. The van der Waals surface area contributed by atoms with Crippen LogP contribution in [0.25, 0.3) is 38.8 Å². The summed E-state index contributed by atoms with van der Waals surface area (Å²) in [6, 6.07) is 30.6. The highest BCUT2D eigenvalue weighted by Gasteiger charge is 2.23. The van der Waals surface area contributed by atoms with Gasteiger partial charge in [-0.3, -0.25) is 14.2 Å². The molecule has 2 N–H and O–H groups in total. The predicted octanol–water partition coefficient (Wildman–Crippen LogP) is 5.88. The van der Waals surface area contributed by atoms with Gasteiger partial charge in [-0.15, -0.1) is 0 Å². The van der Waals surface area contributed by atoms with Gasteiger partial charge in [0.15, 0.2) is 0 Å². The molecule has 6 nitrogen and oxygen atoms in total. The molecule has 6 aromatic rings. The third-order valence-corrected chi connectivity index (χ3v) is 7.09. The Kier molecular flexibility index (Phi) is 4.79. The minimum Gasteiger partial charge on any atom is -0.354 e. The van der Waals surface area contributed by atoms with Crippen LogP contribution in [0.15, 0.2) is 102 Å². The molecule has 178 valence electrons. The minimum absolute atomic E-state index is 0.183. The lowest BCUT2D eigenvalue weighted by Crippen LogP contribution is -2.27. The molecule has 0 spiro atoms. The van der Waals surface area contributed by atoms with Crippen LogP contribution in [0.2, 0.25) is 0 Å². The Bertz CT molecular complexity index is 1910. The molecule has 0 saturated heterocycles. The summed E-state index contributed by atoms with van der Waals surface area (Å²) >= 11 is 0. The van der Waals surface area contributed by atoms with Gasteiger partial charge >= 0.3 is 0 Å². The number of carbonyl (C=O) groups is 1. The van der Waals surface area contributed by atoms with E-state index in [0.717, 1.165) is 27.7 Å². The molecule has 4 aromatic carbocycles. The fourth-order valence-electron chi connectivity index (χ4n) is 5.38. The smallest absolute Gasteiger partial charge is 0.265 e. The normalized spacial score (nSPS) is 13.0. The summed E-state index contributed by atoms with van der Waals surface area (Å²) < 4.78 is 1.61. The van der Waals surface area contributed by atoms with Crippen LogP contribution in [0.5, 0.6) is 0 Å². The number of rotatable bonds is 0. The highest BCUT2D eigenvalue weighted by Crippen LogP contribution is 2.36. The molecule has 0 radical (unpaired) electrons. The van der Waals surface area contributed by atoms with Crippen molar-refractivity contribution in [1.29, 1.82) is 0 Å². The molecule has 1 aliphatic rings. The van der Waals surface area contributed by atoms with Gasteiger partial charge in [0, 0.05) is 22.9 Å². The first-order valence-electron chi connectivity index (χ1n) is 12.3. The van der Waals surface area contributed by atoms with Crippen molar-refractivity contribution in [3.05, 3.63) is 124 Å². The van der Waals surface area contributed by atoms with Gasteiger partial charge in [-0.2, -0.15) is 0 Å². The van der Waals surface area contributed by atoms with Crippen molar-refractivity contribution in [3.63, 3.8) is 0 Å². The number of nitrogens with zero attached hydrogens (tertiary/aromatic N) is 2. The van der Waals surface area contributed by atoms with E-state index in [1.807, 2.05) is 72.8 Å². The molecule has 0 aliphatic carbocycles. The highest BCUT2D eigenvalue weighted by molar-refractivity contribution is 6.09. The predicted molar refractivity (Wildman–Crippen MR) is 146 cm³/mol. The van der Waals surface area contributed by atoms with E-state index in [4.69, 9.17) is 4.98 Å². The average Bonchev–Trinajstić information content (AvgIpc) is 3.30. The van der Waals surface area contributed by atoms with Crippen LogP contribution >= 0.6 is 0 Å². The van der Waals surface area contributed by atoms with Crippen molar-refractivity contribution in [1.82, 2.24) is 14.5 Å². The number of anilines is 1. The van der Waals surface area contributed by atoms with Gasteiger partial charge < -0.3 is 10.3 Å². The van der Waals surface area contributed by atoms with Gasteiger partial charge in [-0.05, 0) is 48.4 Å². The summed E-state index contributed by atoms with van der Waals surface area (Å²) in [5, 5.41) is 4.75. The summed E-state index contributed by atoms with van der Waals surface area (Å²) in [6.45, 7) is 0. The van der Waals surface area contributed by atoms with Gasteiger partial charge in [-0.25, -0.2) is 4.98 Å². The van der Waals surface area contributed by atoms with Crippen molar-refractivity contribution >= 4 is 33.4 Å². The van der Waals surface area contributed by atoms with E-state index >= 15 is 0 Å². The summed E-state index contributed by atoms with van der Waals surface area (Å²) in [5.41, 5.74) is 6.14. The van der Waals surface area contributed by atoms with Crippen molar-refractivity contribution < 1.29 is 4.79 Å². The largest absolute Gasteiger partial charge is 0.354 e. The lowest BCUT2D eigenvalue weighted by atomic mass is 9.99. The number of amides is 1. The Morgan fingerprint density at radius 2 is 1.41 bits per heavy atom. The second-order valence-corrected chi connectivity index (χ2v) is 9.23. The van der Waals surface area contributed by atoms with Crippen molar-refractivity contribution in [2.75, 3.05) is 5.32 Å². The first-order valence-corrected chi connectivity index (χ1v) is 12.3. The van der Waals surface area contributed by atoms with Gasteiger partial charge in [0.05, 0.1) is 33.5 Å². The summed E-state index contributed by atoms with van der Waals surface area (Å²) in [5.74, 6) is 0.335.